The molecule has 3 rings (SSSR count). The summed E-state index contributed by atoms with van der Waals surface area (Å²) < 4.78 is 1.93. The highest BCUT2D eigenvalue weighted by Crippen LogP contribution is 2.11. The lowest BCUT2D eigenvalue weighted by Crippen LogP contribution is -2.03. The molecule has 0 bridgehead atoms. The number of nitrogens with one attached hydrogen (secondary N) is 1. The molecular weight excluding hydrogens is 214 g/mol. The minimum absolute atomic E-state index is 0.688. The number of hydrogen-bond acceptors (Lipinski definition) is 4. The molecule has 0 saturated heterocycles. The van der Waals surface area contributed by atoms with Crippen LogP contribution in [-0.4, -0.2) is 19.4 Å². The van der Waals surface area contributed by atoms with Gasteiger partial charge < -0.3 is 9.72 Å². The zero-order valence-electron chi connectivity index (χ0n) is 9.11. The number of pyridine rings is 1. The van der Waals surface area contributed by atoms with Crippen molar-refractivity contribution >= 4 is 11.5 Å². The van der Waals surface area contributed by atoms with E-state index >= 15 is 0 Å². The Labute approximate surface area is 98.2 Å². The third-order valence-corrected chi connectivity index (χ3v) is 2.49. The molecule has 5 heteroatoms. The van der Waals surface area contributed by atoms with Crippen LogP contribution in [0.5, 0.6) is 0 Å². The molecular formula is C12H11N5. The molecule has 5 nitrogen and oxygen atoms in total. The molecule has 0 unspecified atom stereocenters. The number of imidazole rings is 1. The number of hydrogen-bond donors (Lipinski definition) is 1. The molecule has 0 aliphatic heterocycles. The molecule has 0 atom stereocenters. The standard InChI is InChI=1S/C12H11N5/c1-2-10(8-13-3-1)9-16-11-12-15-5-7-17(12)6-4-14-11/h1-8H,9H2,(H,14,16). The van der Waals surface area contributed by atoms with Gasteiger partial charge in [-0.1, -0.05) is 6.07 Å². The van der Waals surface area contributed by atoms with Gasteiger partial charge in [-0.3, -0.25) is 4.98 Å². The largest absolute Gasteiger partial charge is 0.363 e. The Kier molecular flexibility index (Phi) is 2.42. The number of nitrogens with zero attached hydrogens (tertiary/aromatic N) is 4. The van der Waals surface area contributed by atoms with Crippen molar-refractivity contribution in [2.24, 2.45) is 0 Å². The Hall–Kier alpha value is -2.43. The first-order valence-corrected chi connectivity index (χ1v) is 5.34. The Morgan fingerprint density at radius 2 is 2.00 bits per heavy atom. The molecule has 0 spiro atoms. The highest BCUT2D eigenvalue weighted by atomic mass is 15.1. The van der Waals surface area contributed by atoms with E-state index in [-0.39, 0.29) is 0 Å². The van der Waals surface area contributed by atoms with Crippen LogP contribution in [0.25, 0.3) is 5.65 Å². The van der Waals surface area contributed by atoms with E-state index in [9.17, 15) is 0 Å². The molecule has 0 aliphatic carbocycles. The van der Waals surface area contributed by atoms with Gasteiger partial charge in [0.1, 0.15) is 0 Å². The van der Waals surface area contributed by atoms with E-state index in [1.165, 1.54) is 0 Å². The Morgan fingerprint density at radius 1 is 1.12 bits per heavy atom. The first-order chi connectivity index (χ1) is 8.43. The van der Waals surface area contributed by atoms with E-state index in [2.05, 4.69) is 20.3 Å². The SMILES string of the molecule is c1cncc(CNc2nccn3ccnc23)c1. The van der Waals surface area contributed by atoms with E-state index in [4.69, 9.17) is 0 Å². The summed E-state index contributed by atoms with van der Waals surface area (Å²) >= 11 is 0. The summed E-state index contributed by atoms with van der Waals surface area (Å²) in [5, 5.41) is 3.26. The molecule has 0 aromatic carbocycles. The fourth-order valence-corrected chi connectivity index (χ4v) is 1.67. The summed E-state index contributed by atoms with van der Waals surface area (Å²) in [5.74, 6) is 0.779. The Bertz CT molecular complexity index is 617. The Balaban J connectivity index is 1.84. The third-order valence-electron chi connectivity index (χ3n) is 2.49. The van der Waals surface area contributed by atoms with Gasteiger partial charge in [0, 0.05) is 43.7 Å². The van der Waals surface area contributed by atoms with Gasteiger partial charge in [-0.05, 0) is 11.6 Å². The fourth-order valence-electron chi connectivity index (χ4n) is 1.67. The maximum atomic E-state index is 4.28. The van der Waals surface area contributed by atoms with E-state index in [1.54, 1.807) is 18.6 Å². The van der Waals surface area contributed by atoms with Crippen molar-refractivity contribution in [1.82, 2.24) is 19.4 Å². The molecule has 0 fully saturated rings. The van der Waals surface area contributed by atoms with Gasteiger partial charge in [-0.25, -0.2) is 9.97 Å². The van der Waals surface area contributed by atoms with Crippen molar-refractivity contribution in [3.63, 3.8) is 0 Å². The van der Waals surface area contributed by atoms with E-state index in [0.717, 1.165) is 17.0 Å². The van der Waals surface area contributed by atoms with Crippen molar-refractivity contribution in [1.29, 1.82) is 0 Å². The summed E-state index contributed by atoms with van der Waals surface area (Å²) in [6.07, 6.45) is 10.9. The van der Waals surface area contributed by atoms with Gasteiger partial charge in [-0.15, -0.1) is 0 Å². The first kappa shape index (κ1) is 9.77. The Morgan fingerprint density at radius 3 is 2.82 bits per heavy atom. The zero-order chi connectivity index (χ0) is 11.5. The number of aromatic nitrogens is 4. The molecule has 3 aromatic heterocycles. The highest BCUT2D eigenvalue weighted by Gasteiger charge is 2.02. The van der Waals surface area contributed by atoms with E-state index in [1.807, 2.05) is 35.1 Å². The molecule has 3 heterocycles. The van der Waals surface area contributed by atoms with Crippen molar-refractivity contribution in [3.05, 3.63) is 54.9 Å². The van der Waals surface area contributed by atoms with Crippen LogP contribution in [0.1, 0.15) is 5.56 Å². The first-order valence-electron chi connectivity index (χ1n) is 5.34. The third kappa shape index (κ3) is 1.94. The predicted octanol–water partition coefficient (Wildman–Crippen LogP) is 1.74. The molecule has 0 radical (unpaired) electrons. The molecule has 0 aliphatic rings. The highest BCUT2D eigenvalue weighted by molar-refractivity contribution is 5.62. The van der Waals surface area contributed by atoms with Crippen molar-refractivity contribution in [2.45, 2.75) is 6.54 Å². The predicted molar refractivity (Wildman–Crippen MR) is 64.6 cm³/mol. The van der Waals surface area contributed by atoms with Crippen LogP contribution in [0.2, 0.25) is 0 Å². The van der Waals surface area contributed by atoms with Gasteiger partial charge in [0.15, 0.2) is 11.5 Å². The minimum Gasteiger partial charge on any atom is -0.363 e. The lowest BCUT2D eigenvalue weighted by molar-refractivity contribution is 1.06. The smallest absolute Gasteiger partial charge is 0.180 e. The summed E-state index contributed by atoms with van der Waals surface area (Å²) in [7, 11) is 0. The van der Waals surface area contributed by atoms with Crippen LogP contribution in [-0.2, 0) is 6.54 Å². The summed E-state index contributed by atoms with van der Waals surface area (Å²) in [4.78, 5) is 12.6. The lowest BCUT2D eigenvalue weighted by atomic mass is 10.3. The van der Waals surface area contributed by atoms with Gasteiger partial charge in [-0.2, -0.15) is 0 Å². The van der Waals surface area contributed by atoms with Gasteiger partial charge in [0.25, 0.3) is 0 Å². The molecule has 0 amide bonds. The quantitative estimate of drug-likeness (QED) is 0.737. The summed E-state index contributed by atoms with van der Waals surface area (Å²) in [5.41, 5.74) is 1.94. The summed E-state index contributed by atoms with van der Waals surface area (Å²) in [6, 6.07) is 3.94. The van der Waals surface area contributed by atoms with Crippen LogP contribution in [0.4, 0.5) is 5.82 Å². The van der Waals surface area contributed by atoms with Gasteiger partial charge in [0.2, 0.25) is 0 Å². The second kappa shape index (κ2) is 4.21. The maximum absolute atomic E-state index is 4.28. The molecule has 0 saturated carbocycles. The van der Waals surface area contributed by atoms with Gasteiger partial charge in [0.05, 0.1) is 0 Å². The number of rotatable bonds is 3. The van der Waals surface area contributed by atoms with Gasteiger partial charge >= 0.3 is 0 Å². The second-order valence-corrected chi connectivity index (χ2v) is 3.65. The second-order valence-electron chi connectivity index (χ2n) is 3.65. The van der Waals surface area contributed by atoms with E-state index in [0.29, 0.717) is 6.54 Å². The molecule has 17 heavy (non-hydrogen) atoms. The fraction of sp³-hybridized carbons (Fsp3) is 0.0833. The van der Waals surface area contributed by atoms with Crippen LogP contribution in [0.15, 0.2) is 49.3 Å². The van der Waals surface area contributed by atoms with Crippen LogP contribution < -0.4 is 5.32 Å². The topological polar surface area (TPSA) is 55.1 Å². The van der Waals surface area contributed by atoms with Crippen LogP contribution >= 0.6 is 0 Å². The average Bonchev–Trinajstić information content (AvgIpc) is 2.86. The zero-order valence-corrected chi connectivity index (χ0v) is 9.11. The van der Waals surface area contributed by atoms with Crippen molar-refractivity contribution < 1.29 is 0 Å². The lowest BCUT2D eigenvalue weighted by Gasteiger charge is -2.06. The number of anilines is 1. The monoisotopic (exact) mass is 225 g/mol. The van der Waals surface area contributed by atoms with Crippen LogP contribution in [0.3, 0.4) is 0 Å². The molecule has 3 aromatic rings. The average molecular weight is 225 g/mol. The molecule has 84 valence electrons. The maximum Gasteiger partial charge on any atom is 0.180 e. The van der Waals surface area contributed by atoms with Crippen molar-refractivity contribution in [2.75, 3.05) is 5.32 Å². The van der Waals surface area contributed by atoms with Crippen molar-refractivity contribution in [3.8, 4) is 0 Å². The van der Waals surface area contributed by atoms with E-state index < -0.39 is 0 Å². The number of fused-ring (bicyclic) bond motifs is 1. The molecule has 1 N–H and O–H groups in total. The van der Waals surface area contributed by atoms with Crippen LogP contribution in [0, 0.1) is 0 Å². The summed E-state index contributed by atoms with van der Waals surface area (Å²) in [6.45, 7) is 0.688. The minimum atomic E-state index is 0.688. The normalized spacial score (nSPS) is 10.6.